The van der Waals surface area contributed by atoms with Gasteiger partial charge in [-0.3, -0.25) is 4.79 Å². The van der Waals surface area contributed by atoms with E-state index in [0.29, 0.717) is 33.7 Å². The maximum absolute atomic E-state index is 12.5. The summed E-state index contributed by atoms with van der Waals surface area (Å²) >= 11 is 0. The van der Waals surface area contributed by atoms with Gasteiger partial charge < -0.3 is 19.7 Å². The lowest BCUT2D eigenvalue weighted by molar-refractivity contribution is -0.137. The number of esters is 2. The van der Waals surface area contributed by atoms with Crippen molar-refractivity contribution in [1.29, 1.82) is 0 Å². The highest BCUT2D eigenvalue weighted by molar-refractivity contribution is 6.00. The Morgan fingerprint density at radius 2 is 1.48 bits per heavy atom. The Balaban J connectivity index is 2.70. The minimum Gasteiger partial charge on any atom is -0.466 e. The first kappa shape index (κ1) is 20.2. The lowest BCUT2D eigenvalue weighted by atomic mass is 9.80. The smallest absolute Gasteiger partial charge is 0.336 e. The van der Waals surface area contributed by atoms with Gasteiger partial charge in [-0.1, -0.05) is 12.1 Å². The molecule has 0 atom stereocenters. The van der Waals surface area contributed by atoms with Gasteiger partial charge >= 0.3 is 11.9 Å². The quantitative estimate of drug-likeness (QED) is 0.814. The molecule has 1 N–H and O–H groups in total. The van der Waals surface area contributed by atoms with Crippen molar-refractivity contribution in [3.05, 3.63) is 57.9 Å². The number of carbonyl (C=O) groups excluding carboxylic acids is 3. The molecule has 0 saturated heterocycles. The fraction of sp³-hybridized carbons (Fsp3) is 0.350. The molecule has 27 heavy (non-hydrogen) atoms. The number of carbonyl (C=O) groups is 3. The molecule has 0 fully saturated rings. The molecule has 0 unspecified atom stereocenters. The zero-order valence-electron chi connectivity index (χ0n) is 16.4. The van der Waals surface area contributed by atoms with Crippen molar-refractivity contribution in [2.24, 2.45) is 0 Å². The molecule has 1 amide bonds. The Bertz CT molecular complexity index is 814. The summed E-state index contributed by atoms with van der Waals surface area (Å²) in [5.41, 5.74) is 2.86. The van der Waals surface area contributed by atoms with Crippen LogP contribution >= 0.6 is 0 Å². The average molecular weight is 372 g/mol. The maximum atomic E-state index is 12.5. The number of dihydropyridines is 1. The number of benzene rings is 1. The number of rotatable bonds is 4. The van der Waals surface area contributed by atoms with E-state index in [0.717, 1.165) is 0 Å². The van der Waals surface area contributed by atoms with Crippen LogP contribution in [0.3, 0.4) is 0 Å². The lowest BCUT2D eigenvalue weighted by Gasteiger charge is -2.30. The summed E-state index contributed by atoms with van der Waals surface area (Å²) in [6, 6.07) is 6.87. The van der Waals surface area contributed by atoms with E-state index in [1.165, 1.54) is 19.1 Å². The molecule has 0 aliphatic carbocycles. The van der Waals surface area contributed by atoms with Gasteiger partial charge in [0.1, 0.15) is 0 Å². The number of nitrogens with one attached hydrogen (secondary N) is 1. The number of amides is 1. The van der Waals surface area contributed by atoms with Gasteiger partial charge in [-0.25, -0.2) is 9.59 Å². The molecule has 7 heteroatoms. The first-order chi connectivity index (χ1) is 12.7. The Morgan fingerprint density at radius 3 is 1.93 bits per heavy atom. The van der Waals surface area contributed by atoms with Gasteiger partial charge in [-0.05, 0) is 31.5 Å². The van der Waals surface area contributed by atoms with Crippen LogP contribution in [0.2, 0.25) is 0 Å². The van der Waals surface area contributed by atoms with Gasteiger partial charge in [0.05, 0.1) is 31.3 Å². The zero-order valence-corrected chi connectivity index (χ0v) is 16.4. The molecule has 1 heterocycles. The second kappa shape index (κ2) is 8.07. The van der Waals surface area contributed by atoms with E-state index in [9.17, 15) is 14.4 Å². The molecule has 7 nitrogen and oxygen atoms in total. The van der Waals surface area contributed by atoms with Gasteiger partial charge in [-0.2, -0.15) is 0 Å². The van der Waals surface area contributed by atoms with Crippen molar-refractivity contribution in [3.8, 4) is 0 Å². The molecule has 2 rings (SSSR count). The van der Waals surface area contributed by atoms with Crippen molar-refractivity contribution in [2.75, 3.05) is 28.3 Å². The summed E-state index contributed by atoms with van der Waals surface area (Å²) in [6.07, 6.45) is 0. The highest BCUT2D eigenvalue weighted by Gasteiger charge is 2.37. The van der Waals surface area contributed by atoms with Crippen LogP contribution in [0, 0.1) is 0 Å². The third-order valence-electron chi connectivity index (χ3n) is 4.44. The number of methoxy groups -OCH3 is 2. The summed E-state index contributed by atoms with van der Waals surface area (Å²) in [7, 11) is 5.89. The van der Waals surface area contributed by atoms with E-state index in [1.54, 1.807) is 52.2 Å². The molecule has 1 aliphatic heterocycles. The van der Waals surface area contributed by atoms with E-state index >= 15 is 0 Å². The number of ether oxygens (including phenoxy) is 2. The Kier molecular flexibility index (Phi) is 6.05. The second-order valence-electron chi connectivity index (χ2n) is 6.44. The average Bonchev–Trinajstić information content (AvgIpc) is 2.65. The standard InChI is InChI=1S/C20H24N2O5/c1-11-15(19(24)26-5)17(16(12(2)21-11)20(25)27-6)13-8-7-9-14(10-13)18(23)22(3)4/h7-10,17,21H,1-6H3. The zero-order chi connectivity index (χ0) is 20.3. The van der Waals surface area contributed by atoms with Gasteiger partial charge in [0.25, 0.3) is 5.91 Å². The van der Waals surface area contributed by atoms with Crippen LogP contribution in [0.5, 0.6) is 0 Å². The highest BCUT2D eigenvalue weighted by Crippen LogP contribution is 2.39. The predicted octanol–water partition coefficient (Wildman–Crippen LogP) is 1.97. The number of hydrogen-bond donors (Lipinski definition) is 1. The molecule has 1 aromatic carbocycles. The van der Waals surface area contributed by atoms with Gasteiger partial charge in [0.2, 0.25) is 0 Å². The first-order valence-electron chi connectivity index (χ1n) is 8.39. The molecule has 144 valence electrons. The van der Waals surface area contributed by atoms with Gasteiger partial charge in [-0.15, -0.1) is 0 Å². The number of hydrogen-bond acceptors (Lipinski definition) is 6. The van der Waals surface area contributed by atoms with Crippen LogP contribution in [-0.2, 0) is 19.1 Å². The summed E-state index contributed by atoms with van der Waals surface area (Å²) in [5, 5.41) is 3.05. The van der Waals surface area contributed by atoms with Crippen LogP contribution in [0.1, 0.15) is 35.7 Å². The van der Waals surface area contributed by atoms with Gasteiger partial charge in [0, 0.05) is 31.1 Å². The molecule has 0 radical (unpaired) electrons. The van der Waals surface area contributed by atoms with Crippen LogP contribution in [0.25, 0.3) is 0 Å². The normalized spacial score (nSPS) is 14.6. The van der Waals surface area contributed by atoms with Crippen LogP contribution in [-0.4, -0.2) is 51.1 Å². The molecule has 1 aromatic rings. The minimum atomic E-state index is -0.707. The van der Waals surface area contributed by atoms with Crippen molar-refractivity contribution in [3.63, 3.8) is 0 Å². The maximum Gasteiger partial charge on any atom is 0.336 e. The van der Waals surface area contributed by atoms with E-state index < -0.39 is 17.9 Å². The molecular weight excluding hydrogens is 348 g/mol. The summed E-state index contributed by atoms with van der Waals surface area (Å²) < 4.78 is 9.88. The van der Waals surface area contributed by atoms with Gasteiger partial charge in [0.15, 0.2) is 0 Å². The van der Waals surface area contributed by atoms with Crippen molar-refractivity contribution in [2.45, 2.75) is 19.8 Å². The minimum absolute atomic E-state index is 0.175. The van der Waals surface area contributed by atoms with E-state index in [2.05, 4.69) is 5.32 Å². The van der Waals surface area contributed by atoms with Crippen LogP contribution in [0.15, 0.2) is 46.8 Å². The number of nitrogens with zero attached hydrogens (tertiary/aromatic N) is 1. The topological polar surface area (TPSA) is 84.9 Å². The molecule has 0 spiro atoms. The fourth-order valence-electron chi connectivity index (χ4n) is 3.20. The molecule has 1 aliphatic rings. The lowest BCUT2D eigenvalue weighted by Crippen LogP contribution is -2.32. The van der Waals surface area contributed by atoms with E-state index in [1.807, 2.05) is 0 Å². The SMILES string of the molecule is COC(=O)C1=C(C)NC(C)=C(C(=O)OC)C1c1cccc(C(=O)N(C)C)c1. The van der Waals surface area contributed by atoms with E-state index in [-0.39, 0.29) is 5.91 Å². The van der Waals surface area contributed by atoms with Crippen LogP contribution < -0.4 is 5.32 Å². The summed E-state index contributed by atoms with van der Waals surface area (Å²) in [6.45, 7) is 3.48. The molecule has 0 bridgehead atoms. The molecular formula is C20H24N2O5. The molecule has 0 saturated carbocycles. The monoisotopic (exact) mass is 372 g/mol. The summed E-state index contributed by atoms with van der Waals surface area (Å²) in [5.74, 6) is -1.99. The van der Waals surface area contributed by atoms with Crippen molar-refractivity contribution < 1.29 is 23.9 Å². The highest BCUT2D eigenvalue weighted by atomic mass is 16.5. The Morgan fingerprint density at radius 1 is 0.963 bits per heavy atom. The largest absolute Gasteiger partial charge is 0.466 e. The summed E-state index contributed by atoms with van der Waals surface area (Å²) in [4.78, 5) is 38.8. The third kappa shape index (κ3) is 3.86. The van der Waals surface area contributed by atoms with Crippen molar-refractivity contribution in [1.82, 2.24) is 10.2 Å². The second-order valence-corrected chi connectivity index (χ2v) is 6.44. The Labute approximate surface area is 158 Å². The Hall–Kier alpha value is -3.09. The van der Waals surface area contributed by atoms with E-state index in [4.69, 9.17) is 9.47 Å². The fourth-order valence-corrected chi connectivity index (χ4v) is 3.20. The third-order valence-corrected chi connectivity index (χ3v) is 4.44. The first-order valence-corrected chi connectivity index (χ1v) is 8.39. The van der Waals surface area contributed by atoms with Crippen molar-refractivity contribution >= 4 is 17.8 Å². The number of allylic oxidation sites excluding steroid dienone is 2. The van der Waals surface area contributed by atoms with Crippen LogP contribution in [0.4, 0.5) is 0 Å². The molecule has 0 aromatic heterocycles. The predicted molar refractivity (Wildman–Crippen MR) is 99.8 cm³/mol.